The second kappa shape index (κ2) is 7.48. The molecule has 0 spiro atoms. The first-order valence-electron chi connectivity index (χ1n) is 6.16. The van der Waals surface area contributed by atoms with Gasteiger partial charge < -0.3 is 10.1 Å². The third kappa shape index (κ3) is 4.88. The maximum absolute atomic E-state index is 5.04. The Morgan fingerprint density at radius 1 is 1.39 bits per heavy atom. The quantitative estimate of drug-likeness (QED) is 0.782. The van der Waals surface area contributed by atoms with E-state index in [-0.39, 0.29) is 5.41 Å². The zero-order chi connectivity index (χ0) is 13.6. The van der Waals surface area contributed by atoms with Gasteiger partial charge in [-0.2, -0.15) is 11.8 Å². The minimum Gasteiger partial charge on any atom is -0.383 e. The summed E-state index contributed by atoms with van der Waals surface area (Å²) >= 11 is 3.66. The van der Waals surface area contributed by atoms with Crippen molar-refractivity contribution in [1.82, 2.24) is 10.3 Å². The molecule has 0 saturated carbocycles. The van der Waals surface area contributed by atoms with Crippen LogP contribution in [-0.2, 0) is 22.4 Å². The summed E-state index contributed by atoms with van der Waals surface area (Å²) in [4.78, 5) is 6.16. The van der Waals surface area contributed by atoms with Crippen LogP contribution in [0, 0.1) is 0 Å². The van der Waals surface area contributed by atoms with Crippen LogP contribution in [0.5, 0.6) is 0 Å². The summed E-state index contributed by atoms with van der Waals surface area (Å²) < 4.78 is 5.04. The van der Waals surface area contributed by atoms with Crippen LogP contribution in [-0.4, -0.2) is 31.5 Å². The van der Waals surface area contributed by atoms with E-state index in [4.69, 9.17) is 9.72 Å². The lowest BCUT2D eigenvalue weighted by Gasteiger charge is -2.17. The van der Waals surface area contributed by atoms with Crippen LogP contribution < -0.4 is 5.32 Å². The average molecular weight is 288 g/mol. The Morgan fingerprint density at radius 3 is 2.67 bits per heavy atom. The lowest BCUT2D eigenvalue weighted by Crippen LogP contribution is -2.21. The predicted octanol–water partition coefficient (Wildman–Crippen LogP) is 3.04. The molecule has 0 saturated heterocycles. The third-order valence-corrected chi connectivity index (χ3v) is 4.29. The first-order valence-corrected chi connectivity index (χ1v) is 8.37. The van der Waals surface area contributed by atoms with Crippen LogP contribution >= 0.6 is 23.1 Å². The molecule has 1 rings (SSSR count). The Morgan fingerprint density at radius 2 is 2.11 bits per heavy atom. The monoisotopic (exact) mass is 288 g/mol. The Bertz CT molecular complexity index is 358. The number of thioether (sulfide) groups is 1. The summed E-state index contributed by atoms with van der Waals surface area (Å²) in [6.45, 7) is 9.20. The fourth-order valence-corrected chi connectivity index (χ4v) is 3.61. The van der Waals surface area contributed by atoms with Gasteiger partial charge in [0.25, 0.3) is 0 Å². The van der Waals surface area contributed by atoms with Gasteiger partial charge in [0.1, 0.15) is 5.01 Å². The van der Waals surface area contributed by atoms with Gasteiger partial charge >= 0.3 is 0 Å². The Balaban J connectivity index is 2.73. The van der Waals surface area contributed by atoms with Crippen LogP contribution in [0.4, 0.5) is 0 Å². The zero-order valence-electron chi connectivity index (χ0n) is 12.0. The van der Waals surface area contributed by atoms with Gasteiger partial charge in [-0.15, -0.1) is 11.3 Å². The van der Waals surface area contributed by atoms with Crippen LogP contribution in [0.2, 0.25) is 0 Å². The van der Waals surface area contributed by atoms with Crippen molar-refractivity contribution in [3.8, 4) is 0 Å². The van der Waals surface area contributed by atoms with Crippen molar-refractivity contribution in [2.24, 2.45) is 0 Å². The molecule has 0 atom stereocenters. The molecule has 0 fully saturated rings. The van der Waals surface area contributed by atoms with E-state index in [9.17, 15) is 0 Å². The molecule has 1 N–H and O–H groups in total. The Labute approximate surface area is 119 Å². The minimum atomic E-state index is 0.116. The molecule has 18 heavy (non-hydrogen) atoms. The maximum Gasteiger partial charge on any atom is 0.103 e. The van der Waals surface area contributed by atoms with Gasteiger partial charge in [0.05, 0.1) is 12.3 Å². The summed E-state index contributed by atoms with van der Waals surface area (Å²) in [5.74, 6) is 1.01. The highest BCUT2D eigenvalue weighted by Crippen LogP contribution is 2.30. The molecule has 5 heteroatoms. The van der Waals surface area contributed by atoms with E-state index in [1.807, 2.05) is 23.1 Å². The molecule has 0 radical (unpaired) electrons. The van der Waals surface area contributed by atoms with Gasteiger partial charge in [-0.05, 0) is 6.26 Å². The lowest BCUT2D eigenvalue weighted by molar-refractivity contribution is 0.199. The van der Waals surface area contributed by atoms with Gasteiger partial charge in [-0.1, -0.05) is 20.8 Å². The van der Waals surface area contributed by atoms with Gasteiger partial charge in [0.2, 0.25) is 0 Å². The minimum absolute atomic E-state index is 0.116. The molecular formula is C13H24N2OS2. The van der Waals surface area contributed by atoms with E-state index < -0.39 is 0 Å². The lowest BCUT2D eigenvalue weighted by atomic mass is 9.91. The molecule has 0 aromatic carbocycles. The van der Waals surface area contributed by atoms with E-state index in [2.05, 4.69) is 32.3 Å². The summed E-state index contributed by atoms with van der Waals surface area (Å²) in [6.07, 6.45) is 2.12. The Hall–Kier alpha value is -0.100. The number of rotatable bonds is 7. The third-order valence-electron chi connectivity index (χ3n) is 2.49. The number of hydrogen-bond donors (Lipinski definition) is 1. The van der Waals surface area contributed by atoms with Crippen molar-refractivity contribution in [2.75, 3.05) is 26.5 Å². The molecule has 104 valence electrons. The standard InChI is InChI=1S/C13H24N2OS2/c1-13(2,3)12-10(8-14-6-7-16-4)18-11(15-12)9-17-5/h14H,6-9H2,1-5H3. The fourth-order valence-electron chi connectivity index (χ4n) is 1.67. The van der Waals surface area contributed by atoms with Gasteiger partial charge in [-0.3, -0.25) is 0 Å². The first kappa shape index (κ1) is 16.0. The van der Waals surface area contributed by atoms with E-state index in [1.165, 1.54) is 15.6 Å². The molecule has 1 heterocycles. The molecule has 0 aliphatic rings. The summed E-state index contributed by atoms with van der Waals surface area (Å²) in [7, 11) is 1.73. The van der Waals surface area contributed by atoms with Crippen LogP contribution in [0.1, 0.15) is 36.3 Å². The molecule has 0 bridgehead atoms. The summed E-state index contributed by atoms with van der Waals surface area (Å²) in [6, 6.07) is 0. The van der Waals surface area contributed by atoms with Gasteiger partial charge in [0.15, 0.2) is 0 Å². The average Bonchev–Trinajstić information content (AvgIpc) is 2.68. The predicted molar refractivity (Wildman–Crippen MR) is 81.6 cm³/mol. The molecule has 0 aliphatic heterocycles. The number of nitrogens with one attached hydrogen (secondary N) is 1. The van der Waals surface area contributed by atoms with Crippen molar-refractivity contribution in [3.05, 3.63) is 15.6 Å². The van der Waals surface area contributed by atoms with Crippen molar-refractivity contribution in [3.63, 3.8) is 0 Å². The number of aromatic nitrogens is 1. The highest BCUT2D eigenvalue weighted by Gasteiger charge is 2.22. The number of ether oxygens (including phenoxy) is 1. The van der Waals surface area contributed by atoms with Crippen molar-refractivity contribution in [1.29, 1.82) is 0 Å². The largest absolute Gasteiger partial charge is 0.383 e. The molecule has 3 nitrogen and oxygen atoms in total. The fraction of sp³-hybridized carbons (Fsp3) is 0.769. The maximum atomic E-state index is 5.04. The number of nitrogens with zero attached hydrogens (tertiary/aromatic N) is 1. The Kier molecular flexibility index (Phi) is 6.63. The second-order valence-corrected chi connectivity index (χ2v) is 7.27. The number of thiazole rings is 1. The van der Waals surface area contributed by atoms with E-state index in [1.54, 1.807) is 7.11 Å². The number of hydrogen-bond acceptors (Lipinski definition) is 5. The van der Waals surface area contributed by atoms with Crippen molar-refractivity contribution in [2.45, 2.75) is 38.5 Å². The van der Waals surface area contributed by atoms with Crippen LogP contribution in [0.15, 0.2) is 0 Å². The van der Waals surface area contributed by atoms with Gasteiger partial charge in [-0.25, -0.2) is 4.98 Å². The van der Waals surface area contributed by atoms with E-state index in [0.29, 0.717) is 0 Å². The highest BCUT2D eigenvalue weighted by molar-refractivity contribution is 7.97. The van der Waals surface area contributed by atoms with Gasteiger partial charge in [0, 0.05) is 36.2 Å². The summed E-state index contributed by atoms with van der Waals surface area (Å²) in [5.41, 5.74) is 1.35. The smallest absolute Gasteiger partial charge is 0.103 e. The van der Waals surface area contributed by atoms with E-state index in [0.717, 1.165) is 25.4 Å². The number of methoxy groups -OCH3 is 1. The van der Waals surface area contributed by atoms with Crippen molar-refractivity contribution < 1.29 is 4.74 Å². The SMILES string of the molecule is COCCNCc1sc(CSC)nc1C(C)(C)C. The second-order valence-electron chi connectivity index (χ2n) is 5.23. The summed E-state index contributed by atoms with van der Waals surface area (Å²) in [5, 5.41) is 4.64. The van der Waals surface area contributed by atoms with Crippen LogP contribution in [0.3, 0.4) is 0 Å². The molecular weight excluding hydrogens is 264 g/mol. The topological polar surface area (TPSA) is 34.1 Å². The molecule has 0 amide bonds. The normalized spacial score (nSPS) is 12.1. The highest BCUT2D eigenvalue weighted by atomic mass is 32.2. The van der Waals surface area contributed by atoms with Crippen LogP contribution in [0.25, 0.3) is 0 Å². The molecule has 0 aliphatic carbocycles. The zero-order valence-corrected chi connectivity index (χ0v) is 13.6. The molecule has 0 unspecified atom stereocenters. The first-order chi connectivity index (χ1) is 8.49. The molecule has 1 aromatic heterocycles. The van der Waals surface area contributed by atoms with E-state index >= 15 is 0 Å². The molecule has 1 aromatic rings. The van der Waals surface area contributed by atoms with Crippen molar-refractivity contribution >= 4 is 23.1 Å².